The van der Waals surface area contributed by atoms with E-state index in [0.717, 1.165) is 36.8 Å². The Morgan fingerprint density at radius 3 is 2.79 bits per heavy atom. The molecule has 2 heteroatoms. The van der Waals surface area contributed by atoms with E-state index >= 15 is 0 Å². The number of hydrogen-bond donors (Lipinski definition) is 1. The summed E-state index contributed by atoms with van der Waals surface area (Å²) in [6.07, 6.45) is 4.14. The Morgan fingerprint density at radius 1 is 1.43 bits per heavy atom. The zero-order chi connectivity index (χ0) is 10.2. The second-order valence-corrected chi connectivity index (χ2v) is 4.43. The number of benzene rings is 1. The molecule has 14 heavy (non-hydrogen) atoms. The van der Waals surface area contributed by atoms with Crippen molar-refractivity contribution >= 4 is 0 Å². The fourth-order valence-electron chi connectivity index (χ4n) is 1.70. The lowest BCUT2D eigenvalue weighted by Gasteiger charge is -2.10. The van der Waals surface area contributed by atoms with Crippen LogP contribution in [-0.2, 0) is 6.42 Å². The lowest BCUT2D eigenvalue weighted by atomic mass is 10.0. The Labute approximate surface area is 84.1 Å². The lowest BCUT2D eigenvalue weighted by Crippen LogP contribution is -2.22. The van der Waals surface area contributed by atoms with Gasteiger partial charge in [-0.25, -0.2) is 4.39 Å². The average molecular weight is 193 g/mol. The van der Waals surface area contributed by atoms with Crippen LogP contribution in [0.1, 0.15) is 30.4 Å². The number of aryl methyl sites for hydroxylation is 2. The Balaban J connectivity index is 2.04. The van der Waals surface area contributed by atoms with E-state index in [4.69, 9.17) is 5.73 Å². The maximum Gasteiger partial charge on any atom is 0.123 e. The first-order chi connectivity index (χ1) is 6.59. The first-order valence-corrected chi connectivity index (χ1v) is 5.13. The van der Waals surface area contributed by atoms with Gasteiger partial charge in [0.1, 0.15) is 5.82 Å². The predicted octanol–water partition coefficient (Wildman–Crippen LogP) is 2.56. The fraction of sp³-hybridized carbons (Fsp3) is 0.500. The number of nitrogens with two attached hydrogens (primary N) is 1. The molecule has 2 N–H and O–H groups in total. The van der Waals surface area contributed by atoms with Crippen LogP contribution in [0, 0.1) is 12.7 Å². The summed E-state index contributed by atoms with van der Waals surface area (Å²) in [5.74, 6) is -0.146. The van der Waals surface area contributed by atoms with Crippen molar-refractivity contribution in [3.05, 3.63) is 35.1 Å². The summed E-state index contributed by atoms with van der Waals surface area (Å²) >= 11 is 0. The molecule has 0 saturated heterocycles. The van der Waals surface area contributed by atoms with Gasteiger partial charge in [-0.05, 0) is 55.9 Å². The Kier molecular flexibility index (Phi) is 2.31. The van der Waals surface area contributed by atoms with Gasteiger partial charge in [0.2, 0.25) is 0 Å². The third kappa shape index (κ3) is 2.13. The van der Waals surface area contributed by atoms with Crippen LogP contribution in [0.4, 0.5) is 4.39 Å². The van der Waals surface area contributed by atoms with Crippen LogP contribution in [0.25, 0.3) is 0 Å². The lowest BCUT2D eigenvalue weighted by molar-refractivity contribution is 0.598. The molecule has 1 aromatic carbocycles. The minimum Gasteiger partial charge on any atom is -0.325 e. The van der Waals surface area contributed by atoms with Crippen molar-refractivity contribution in [2.75, 3.05) is 0 Å². The third-order valence-electron chi connectivity index (χ3n) is 3.10. The monoisotopic (exact) mass is 193 g/mol. The van der Waals surface area contributed by atoms with Crippen molar-refractivity contribution in [2.24, 2.45) is 5.73 Å². The minimum atomic E-state index is -0.146. The summed E-state index contributed by atoms with van der Waals surface area (Å²) in [7, 11) is 0. The quantitative estimate of drug-likeness (QED) is 0.784. The van der Waals surface area contributed by atoms with Crippen LogP contribution in [0.3, 0.4) is 0 Å². The van der Waals surface area contributed by atoms with Gasteiger partial charge in [-0.1, -0.05) is 6.07 Å². The van der Waals surface area contributed by atoms with Gasteiger partial charge in [-0.2, -0.15) is 0 Å². The number of hydrogen-bond acceptors (Lipinski definition) is 1. The SMILES string of the molecule is Cc1ccc(F)cc1CCC1(N)CC1. The number of rotatable bonds is 3. The summed E-state index contributed by atoms with van der Waals surface area (Å²) in [6.45, 7) is 2.02. The second kappa shape index (κ2) is 3.35. The van der Waals surface area contributed by atoms with Crippen LogP contribution in [0.5, 0.6) is 0 Å². The zero-order valence-corrected chi connectivity index (χ0v) is 8.52. The maximum atomic E-state index is 13.0. The van der Waals surface area contributed by atoms with E-state index in [0.29, 0.717) is 0 Å². The van der Waals surface area contributed by atoms with Gasteiger partial charge in [0.25, 0.3) is 0 Å². The van der Waals surface area contributed by atoms with Crippen molar-refractivity contribution in [1.29, 1.82) is 0 Å². The molecule has 0 aliphatic heterocycles. The Bertz CT molecular complexity index is 342. The average Bonchev–Trinajstić information content (AvgIpc) is 2.87. The van der Waals surface area contributed by atoms with Gasteiger partial charge in [0, 0.05) is 5.54 Å². The number of halogens is 1. The van der Waals surface area contributed by atoms with E-state index in [2.05, 4.69) is 0 Å². The zero-order valence-electron chi connectivity index (χ0n) is 8.52. The van der Waals surface area contributed by atoms with E-state index in [1.165, 1.54) is 6.07 Å². The molecule has 1 aliphatic carbocycles. The largest absolute Gasteiger partial charge is 0.325 e. The molecule has 0 spiro atoms. The molecule has 76 valence electrons. The summed E-state index contributed by atoms with van der Waals surface area (Å²) in [4.78, 5) is 0. The van der Waals surface area contributed by atoms with E-state index < -0.39 is 0 Å². The Morgan fingerprint density at radius 2 is 2.14 bits per heavy atom. The fourth-order valence-corrected chi connectivity index (χ4v) is 1.70. The van der Waals surface area contributed by atoms with Gasteiger partial charge in [0.05, 0.1) is 0 Å². The highest BCUT2D eigenvalue weighted by atomic mass is 19.1. The van der Waals surface area contributed by atoms with Gasteiger partial charge in [-0.3, -0.25) is 0 Å². The molecule has 0 radical (unpaired) electrons. The van der Waals surface area contributed by atoms with Crippen LogP contribution in [0.2, 0.25) is 0 Å². The molecule has 0 unspecified atom stereocenters. The van der Waals surface area contributed by atoms with E-state index in [-0.39, 0.29) is 11.4 Å². The highest BCUT2D eigenvalue weighted by Crippen LogP contribution is 2.36. The third-order valence-corrected chi connectivity index (χ3v) is 3.10. The minimum absolute atomic E-state index is 0.0682. The summed E-state index contributed by atoms with van der Waals surface area (Å²) in [5.41, 5.74) is 8.32. The maximum absolute atomic E-state index is 13.0. The molecule has 1 fully saturated rings. The van der Waals surface area contributed by atoms with Gasteiger partial charge < -0.3 is 5.73 Å². The molecule has 0 atom stereocenters. The molecule has 0 bridgehead atoms. The molecule has 1 nitrogen and oxygen atoms in total. The topological polar surface area (TPSA) is 26.0 Å². The predicted molar refractivity (Wildman–Crippen MR) is 55.6 cm³/mol. The van der Waals surface area contributed by atoms with Crippen molar-refractivity contribution in [2.45, 2.75) is 38.1 Å². The molecule has 0 heterocycles. The van der Waals surface area contributed by atoms with Gasteiger partial charge >= 0.3 is 0 Å². The standard InChI is InChI=1S/C12H16FN/c1-9-2-3-11(13)8-10(9)4-5-12(14)6-7-12/h2-3,8H,4-7,14H2,1H3. The summed E-state index contributed by atoms with van der Waals surface area (Å²) in [6, 6.07) is 4.97. The smallest absolute Gasteiger partial charge is 0.123 e. The van der Waals surface area contributed by atoms with Crippen LogP contribution in [-0.4, -0.2) is 5.54 Å². The summed E-state index contributed by atoms with van der Waals surface area (Å²) in [5, 5.41) is 0. The summed E-state index contributed by atoms with van der Waals surface area (Å²) < 4.78 is 13.0. The molecular formula is C12H16FN. The second-order valence-electron chi connectivity index (χ2n) is 4.43. The normalized spacial score (nSPS) is 18.2. The van der Waals surface area contributed by atoms with E-state index in [1.807, 2.05) is 13.0 Å². The van der Waals surface area contributed by atoms with Gasteiger partial charge in [-0.15, -0.1) is 0 Å². The molecular weight excluding hydrogens is 177 g/mol. The molecule has 0 amide bonds. The molecule has 0 aromatic heterocycles. The molecule has 1 aliphatic rings. The molecule has 2 rings (SSSR count). The van der Waals surface area contributed by atoms with Crippen molar-refractivity contribution in [1.82, 2.24) is 0 Å². The first-order valence-electron chi connectivity index (χ1n) is 5.13. The van der Waals surface area contributed by atoms with Crippen LogP contribution < -0.4 is 5.73 Å². The van der Waals surface area contributed by atoms with Crippen molar-refractivity contribution < 1.29 is 4.39 Å². The van der Waals surface area contributed by atoms with Crippen LogP contribution >= 0.6 is 0 Å². The Hall–Kier alpha value is -0.890. The van der Waals surface area contributed by atoms with Crippen molar-refractivity contribution in [3.8, 4) is 0 Å². The molecule has 1 aromatic rings. The highest BCUT2D eigenvalue weighted by molar-refractivity contribution is 5.27. The van der Waals surface area contributed by atoms with Crippen molar-refractivity contribution in [3.63, 3.8) is 0 Å². The van der Waals surface area contributed by atoms with Crippen LogP contribution in [0.15, 0.2) is 18.2 Å². The van der Waals surface area contributed by atoms with E-state index in [9.17, 15) is 4.39 Å². The molecule has 1 saturated carbocycles. The van der Waals surface area contributed by atoms with Gasteiger partial charge in [0.15, 0.2) is 0 Å². The van der Waals surface area contributed by atoms with E-state index in [1.54, 1.807) is 6.07 Å². The first kappa shape index (κ1) is 9.66. The highest BCUT2D eigenvalue weighted by Gasteiger charge is 2.37.